The fraction of sp³-hybridized carbons (Fsp3) is 0.286. The van der Waals surface area contributed by atoms with Gasteiger partial charge in [0.25, 0.3) is 0 Å². The van der Waals surface area contributed by atoms with Crippen molar-refractivity contribution in [3.8, 4) is 5.75 Å². The van der Waals surface area contributed by atoms with Crippen molar-refractivity contribution in [3.63, 3.8) is 0 Å². The van der Waals surface area contributed by atoms with Gasteiger partial charge in [0.05, 0.1) is 14.4 Å². The van der Waals surface area contributed by atoms with Crippen molar-refractivity contribution in [2.75, 3.05) is 0 Å². The minimum absolute atomic E-state index is 0.125. The molecule has 0 aliphatic carbocycles. The van der Waals surface area contributed by atoms with Gasteiger partial charge in [-0.25, -0.2) is 0 Å². The molecule has 0 spiro atoms. The van der Waals surface area contributed by atoms with Gasteiger partial charge in [-0.15, -0.1) is 24.8 Å². The number of alkyl halides is 4. The van der Waals surface area contributed by atoms with Crippen LogP contribution in [-0.2, 0) is 5.88 Å². The smallest absolute Gasteiger partial charge is 0.397 e. The predicted octanol–water partition coefficient (Wildman–Crippen LogP) is 3.23. The van der Waals surface area contributed by atoms with Crippen LogP contribution >= 0.6 is 34.2 Å². The van der Waals surface area contributed by atoms with E-state index in [9.17, 15) is 23.3 Å². The maximum absolute atomic E-state index is 12.1. The van der Waals surface area contributed by atoms with Gasteiger partial charge in [-0.3, -0.25) is 15.1 Å². The molecule has 0 saturated carbocycles. The monoisotopic (exact) mass is 382 g/mol. The van der Waals surface area contributed by atoms with Crippen molar-refractivity contribution < 1.29 is 22.8 Å². The Labute approximate surface area is 111 Å². The van der Waals surface area contributed by atoms with E-state index in [1.165, 1.54) is 22.6 Å². The normalized spacial score (nSPS) is 11.4. The third kappa shape index (κ3) is 3.56. The van der Waals surface area contributed by atoms with Crippen molar-refractivity contribution in [2.45, 2.75) is 12.2 Å². The highest BCUT2D eigenvalue weighted by molar-refractivity contribution is 14.1. The van der Waals surface area contributed by atoms with Gasteiger partial charge in [0, 0.05) is 6.20 Å². The van der Waals surface area contributed by atoms with E-state index in [2.05, 4.69) is 9.72 Å². The molecule has 1 aromatic rings. The number of rotatable bonds is 3. The lowest BCUT2D eigenvalue weighted by molar-refractivity contribution is -0.389. The van der Waals surface area contributed by atoms with Crippen molar-refractivity contribution >= 4 is 39.9 Å². The summed E-state index contributed by atoms with van der Waals surface area (Å²) >= 11 is 6.82. The van der Waals surface area contributed by atoms with E-state index in [1.54, 1.807) is 0 Å². The summed E-state index contributed by atoms with van der Waals surface area (Å²) in [7, 11) is 0. The summed E-state index contributed by atoms with van der Waals surface area (Å²) < 4.78 is 39.8. The van der Waals surface area contributed by atoms with E-state index in [0.29, 0.717) is 0 Å². The van der Waals surface area contributed by atoms with Crippen molar-refractivity contribution in [1.29, 1.82) is 0 Å². The van der Waals surface area contributed by atoms with Crippen molar-refractivity contribution in [3.05, 3.63) is 25.6 Å². The highest BCUT2D eigenvalue weighted by atomic mass is 127. The number of nitro groups is 1. The zero-order valence-corrected chi connectivity index (χ0v) is 10.7. The first kappa shape index (κ1) is 14.2. The van der Waals surface area contributed by atoms with Gasteiger partial charge in [0.15, 0.2) is 0 Å². The fourth-order valence-corrected chi connectivity index (χ4v) is 1.70. The highest BCUT2D eigenvalue weighted by Gasteiger charge is 2.37. The van der Waals surface area contributed by atoms with Crippen LogP contribution in [-0.4, -0.2) is 16.3 Å². The minimum Gasteiger partial charge on any atom is -0.397 e. The van der Waals surface area contributed by atoms with Crippen molar-refractivity contribution in [2.24, 2.45) is 0 Å². The molecule has 0 unspecified atom stereocenters. The van der Waals surface area contributed by atoms with E-state index in [0.717, 1.165) is 6.20 Å². The molecule has 1 rings (SSSR count). The molecule has 0 aliphatic rings. The maximum Gasteiger partial charge on any atom is 0.573 e. The van der Waals surface area contributed by atoms with Crippen LogP contribution in [0.2, 0.25) is 0 Å². The van der Waals surface area contributed by atoms with E-state index in [4.69, 9.17) is 11.6 Å². The average Bonchev–Trinajstić information content (AvgIpc) is 2.18. The maximum atomic E-state index is 12.1. The second-order valence-corrected chi connectivity index (χ2v) is 4.10. The second-order valence-electron chi connectivity index (χ2n) is 2.67. The molecule has 94 valence electrons. The standard InChI is InChI=1S/C7H3ClF3IN2O3/c8-1-4-5(14(15)16)6(3(12)2-13-4)17-7(9,10)11/h2H,1H2. The van der Waals surface area contributed by atoms with Crippen LogP contribution in [0.1, 0.15) is 5.69 Å². The van der Waals surface area contributed by atoms with E-state index in [-0.39, 0.29) is 15.1 Å². The summed E-state index contributed by atoms with van der Waals surface area (Å²) in [6.07, 6.45) is -4.00. The molecule has 0 N–H and O–H groups in total. The molecule has 1 aromatic heterocycles. The lowest BCUT2D eigenvalue weighted by Crippen LogP contribution is -2.19. The van der Waals surface area contributed by atoms with Crippen LogP contribution in [0.15, 0.2) is 6.20 Å². The summed E-state index contributed by atoms with van der Waals surface area (Å²) in [6.45, 7) is 0. The van der Waals surface area contributed by atoms with Crippen LogP contribution in [0, 0.1) is 13.7 Å². The summed E-state index contributed by atoms with van der Waals surface area (Å²) in [6, 6.07) is 0. The number of ether oxygens (including phenoxy) is 1. The first-order chi connectivity index (χ1) is 7.76. The van der Waals surface area contributed by atoms with Crippen molar-refractivity contribution in [1.82, 2.24) is 4.98 Å². The molecule has 17 heavy (non-hydrogen) atoms. The largest absolute Gasteiger partial charge is 0.573 e. The summed E-state index contributed by atoms with van der Waals surface area (Å²) in [4.78, 5) is 13.3. The molecule has 0 amide bonds. The molecule has 0 fully saturated rings. The van der Waals surface area contributed by atoms with E-state index >= 15 is 0 Å². The topological polar surface area (TPSA) is 65.3 Å². The van der Waals surface area contributed by atoms with Crippen LogP contribution in [0.5, 0.6) is 5.75 Å². The third-order valence-corrected chi connectivity index (χ3v) is 2.59. The number of nitrogens with zero attached hydrogens (tertiary/aromatic N) is 2. The Kier molecular flexibility index (Phi) is 4.36. The molecule has 0 atom stereocenters. The van der Waals surface area contributed by atoms with Crippen LogP contribution in [0.25, 0.3) is 0 Å². The fourth-order valence-electron chi connectivity index (χ4n) is 0.997. The lowest BCUT2D eigenvalue weighted by Gasteiger charge is -2.11. The zero-order valence-electron chi connectivity index (χ0n) is 7.79. The number of pyridine rings is 1. The first-order valence-electron chi connectivity index (χ1n) is 3.89. The van der Waals surface area contributed by atoms with Gasteiger partial charge >= 0.3 is 12.0 Å². The molecular formula is C7H3ClF3IN2O3. The zero-order chi connectivity index (χ0) is 13.2. The SMILES string of the molecule is O=[N+]([O-])c1c(CCl)ncc(I)c1OC(F)(F)F. The van der Waals surface area contributed by atoms with Gasteiger partial charge in [-0.2, -0.15) is 0 Å². The van der Waals surface area contributed by atoms with Gasteiger partial charge in [0.2, 0.25) is 5.75 Å². The predicted molar refractivity (Wildman–Crippen MR) is 59.8 cm³/mol. The van der Waals surface area contributed by atoms with E-state index < -0.39 is 22.7 Å². The Morgan fingerprint density at radius 2 is 2.18 bits per heavy atom. The van der Waals surface area contributed by atoms with Gasteiger partial charge in [0.1, 0.15) is 5.69 Å². The average molecular weight is 382 g/mol. The molecule has 10 heteroatoms. The van der Waals surface area contributed by atoms with Gasteiger partial charge < -0.3 is 4.74 Å². The Hall–Kier alpha value is -0.840. The molecule has 0 bridgehead atoms. The van der Waals surface area contributed by atoms with Crippen LogP contribution < -0.4 is 4.74 Å². The summed E-state index contributed by atoms with van der Waals surface area (Å²) in [5.41, 5.74) is -1.15. The lowest BCUT2D eigenvalue weighted by atomic mass is 10.3. The quantitative estimate of drug-likeness (QED) is 0.348. The van der Waals surface area contributed by atoms with E-state index in [1.807, 2.05) is 0 Å². The van der Waals surface area contributed by atoms with Gasteiger partial charge in [-0.1, -0.05) is 0 Å². The number of halogens is 5. The Bertz CT molecular complexity index is 455. The molecule has 0 aliphatic heterocycles. The number of aromatic nitrogens is 1. The third-order valence-electron chi connectivity index (χ3n) is 1.57. The molecule has 1 heterocycles. The Morgan fingerprint density at radius 1 is 1.59 bits per heavy atom. The number of hydrogen-bond acceptors (Lipinski definition) is 4. The van der Waals surface area contributed by atoms with Crippen LogP contribution in [0.3, 0.4) is 0 Å². The Balaban J connectivity index is 3.39. The molecule has 0 radical (unpaired) electrons. The number of hydrogen-bond donors (Lipinski definition) is 0. The highest BCUT2D eigenvalue weighted by Crippen LogP contribution is 2.38. The molecule has 0 aromatic carbocycles. The minimum atomic E-state index is -5.02. The molecular weight excluding hydrogens is 379 g/mol. The van der Waals surface area contributed by atoms with Gasteiger partial charge in [-0.05, 0) is 22.6 Å². The molecule has 0 saturated heterocycles. The summed E-state index contributed by atoms with van der Waals surface area (Å²) in [5.74, 6) is -1.28. The second kappa shape index (κ2) is 5.21. The summed E-state index contributed by atoms with van der Waals surface area (Å²) in [5, 5.41) is 10.7. The molecule has 5 nitrogen and oxygen atoms in total. The van der Waals surface area contributed by atoms with Crippen LogP contribution in [0.4, 0.5) is 18.9 Å². The Morgan fingerprint density at radius 3 is 2.59 bits per heavy atom. The first-order valence-corrected chi connectivity index (χ1v) is 5.51.